The first-order valence-electron chi connectivity index (χ1n) is 6.19. The van der Waals surface area contributed by atoms with E-state index in [2.05, 4.69) is 44.5 Å². The summed E-state index contributed by atoms with van der Waals surface area (Å²) in [4.78, 5) is 1.27. The molecule has 0 saturated carbocycles. The minimum Gasteiger partial charge on any atom is -0.489 e. The van der Waals surface area contributed by atoms with Crippen molar-refractivity contribution < 1.29 is 4.74 Å². The first kappa shape index (κ1) is 14.4. The molecule has 0 aromatic heterocycles. The first-order valence-corrected chi connectivity index (χ1v) is 7.42. The molecule has 1 N–H and O–H groups in total. The minimum absolute atomic E-state index is 0.248. The summed E-state index contributed by atoms with van der Waals surface area (Å²) in [6, 6.07) is 8.80. The molecule has 3 heteroatoms. The van der Waals surface area contributed by atoms with E-state index in [4.69, 9.17) is 4.74 Å². The Bertz CT molecular complexity index is 311. The molecule has 0 spiro atoms. The molecular weight excluding hydrogens is 230 g/mol. The normalized spacial score (nSPS) is 12.8. The lowest BCUT2D eigenvalue weighted by atomic mass is 10.2. The molecule has 17 heavy (non-hydrogen) atoms. The molecule has 1 atom stereocenters. The van der Waals surface area contributed by atoms with Crippen LogP contribution in [0, 0.1) is 0 Å². The Labute approximate surface area is 109 Å². The Morgan fingerprint density at radius 3 is 2.35 bits per heavy atom. The van der Waals surface area contributed by atoms with E-state index < -0.39 is 0 Å². The van der Waals surface area contributed by atoms with Gasteiger partial charge in [0.2, 0.25) is 0 Å². The summed E-state index contributed by atoms with van der Waals surface area (Å²) in [6.45, 7) is 7.36. The summed E-state index contributed by atoms with van der Waals surface area (Å²) in [7, 11) is 0. The van der Waals surface area contributed by atoms with Crippen LogP contribution >= 0.6 is 11.8 Å². The SMILES string of the molecule is CCC(CNC(C)C)Oc1ccc(SC)cc1. The Morgan fingerprint density at radius 1 is 1.24 bits per heavy atom. The van der Waals surface area contributed by atoms with Gasteiger partial charge < -0.3 is 10.1 Å². The number of benzene rings is 1. The molecule has 0 aliphatic carbocycles. The van der Waals surface area contributed by atoms with Crippen LogP contribution in [0.15, 0.2) is 29.2 Å². The third kappa shape index (κ3) is 5.46. The van der Waals surface area contributed by atoms with E-state index in [1.165, 1.54) is 4.90 Å². The van der Waals surface area contributed by atoms with E-state index in [-0.39, 0.29) is 6.10 Å². The summed E-state index contributed by atoms with van der Waals surface area (Å²) in [5.41, 5.74) is 0. The van der Waals surface area contributed by atoms with Crippen molar-refractivity contribution in [3.63, 3.8) is 0 Å². The maximum Gasteiger partial charge on any atom is 0.119 e. The van der Waals surface area contributed by atoms with Crippen molar-refractivity contribution in [2.45, 2.75) is 44.2 Å². The summed E-state index contributed by atoms with van der Waals surface area (Å²) >= 11 is 1.75. The third-order valence-corrected chi connectivity index (χ3v) is 3.31. The van der Waals surface area contributed by atoms with Gasteiger partial charge in [-0.2, -0.15) is 0 Å². The highest BCUT2D eigenvalue weighted by Crippen LogP contribution is 2.20. The van der Waals surface area contributed by atoms with Crippen LogP contribution in [0.1, 0.15) is 27.2 Å². The van der Waals surface area contributed by atoms with Crippen molar-refractivity contribution in [2.75, 3.05) is 12.8 Å². The summed E-state index contributed by atoms with van der Waals surface area (Å²) in [6.07, 6.45) is 3.35. The van der Waals surface area contributed by atoms with Crippen LogP contribution < -0.4 is 10.1 Å². The Hall–Kier alpha value is -0.670. The fourth-order valence-corrected chi connectivity index (χ4v) is 1.89. The highest BCUT2D eigenvalue weighted by molar-refractivity contribution is 7.98. The molecule has 0 fully saturated rings. The largest absolute Gasteiger partial charge is 0.489 e. The van der Waals surface area contributed by atoms with Crippen LogP contribution in [0.3, 0.4) is 0 Å². The van der Waals surface area contributed by atoms with Crippen LogP contribution in [0.2, 0.25) is 0 Å². The van der Waals surface area contributed by atoms with Crippen LogP contribution in [-0.4, -0.2) is 24.9 Å². The topological polar surface area (TPSA) is 21.3 Å². The van der Waals surface area contributed by atoms with Gasteiger partial charge in [0.25, 0.3) is 0 Å². The smallest absolute Gasteiger partial charge is 0.119 e. The standard InChI is InChI=1S/C14H23NOS/c1-5-12(10-15-11(2)3)16-13-6-8-14(17-4)9-7-13/h6-9,11-12,15H,5,10H2,1-4H3. The number of nitrogens with one attached hydrogen (secondary N) is 1. The van der Waals surface area contributed by atoms with Crippen molar-refractivity contribution in [1.29, 1.82) is 0 Å². The predicted octanol–water partition coefficient (Wildman–Crippen LogP) is 3.56. The molecular formula is C14H23NOS. The molecule has 0 bridgehead atoms. The zero-order chi connectivity index (χ0) is 12.7. The average Bonchev–Trinajstić information content (AvgIpc) is 2.35. The molecule has 0 aliphatic rings. The maximum atomic E-state index is 5.94. The van der Waals surface area contributed by atoms with Gasteiger partial charge in [0, 0.05) is 17.5 Å². The highest BCUT2D eigenvalue weighted by atomic mass is 32.2. The molecule has 2 nitrogen and oxygen atoms in total. The number of thioether (sulfide) groups is 1. The molecule has 1 rings (SSSR count). The van der Waals surface area contributed by atoms with Gasteiger partial charge in [0.15, 0.2) is 0 Å². The molecule has 0 heterocycles. The van der Waals surface area contributed by atoms with E-state index in [1.54, 1.807) is 11.8 Å². The van der Waals surface area contributed by atoms with Gasteiger partial charge in [-0.1, -0.05) is 20.8 Å². The molecule has 0 amide bonds. The quantitative estimate of drug-likeness (QED) is 0.751. The van der Waals surface area contributed by atoms with Crippen molar-refractivity contribution in [2.24, 2.45) is 0 Å². The summed E-state index contributed by atoms with van der Waals surface area (Å²) < 4.78 is 5.94. The van der Waals surface area contributed by atoms with E-state index in [9.17, 15) is 0 Å². The molecule has 1 aromatic carbocycles. The molecule has 96 valence electrons. The Kier molecular flexibility index (Phi) is 6.45. The highest BCUT2D eigenvalue weighted by Gasteiger charge is 2.08. The predicted molar refractivity (Wildman–Crippen MR) is 76.1 cm³/mol. The van der Waals surface area contributed by atoms with E-state index >= 15 is 0 Å². The minimum atomic E-state index is 0.248. The lowest BCUT2D eigenvalue weighted by molar-refractivity contribution is 0.190. The van der Waals surface area contributed by atoms with Gasteiger partial charge in [-0.25, -0.2) is 0 Å². The van der Waals surface area contributed by atoms with Gasteiger partial charge in [0.1, 0.15) is 11.9 Å². The second-order valence-corrected chi connectivity index (χ2v) is 5.27. The second-order valence-electron chi connectivity index (χ2n) is 4.39. The van der Waals surface area contributed by atoms with Gasteiger partial charge >= 0.3 is 0 Å². The van der Waals surface area contributed by atoms with Crippen molar-refractivity contribution >= 4 is 11.8 Å². The molecule has 0 radical (unpaired) electrons. The lowest BCUT2D eigenvalue weighted by Crippen LogP contribution is -2.34. The molecule has 1 aromatic rings. The van der Waals surface area contributed by atoms with Gasteiger partial charge in [0.05, 0.1) is 0 Å². The molecule has 0 aliphatic heterocycles. The zero-order valence-corrected chi connectivity index (χ0v) is 12.0. The van der Waals surface area contributed by atoms with Crippen LogP contribution in [0.4, 0.5) is 0 Å². The monoisotopic (exact) mass is 253 g/mol. The number of rotatable bonds is 7. The van der Waals surface area contributed by atoms with Crippen LogP contribution in [-0.2, 0) is 0 Å². The summed E-state index contributed by atoms with van der Waals surface area (Å²) in [5.74, 6) is 0.959. The molecule has 1 unspecified atom stereocenters. The number of ether oxygens (including phenoxy) is 1. The first-order chi connectivity index (χ1) is 8.15. The number of hydrogen-bond donors (Lipinski definition) is 1. The Balaban J connectivity index is 2.48. The van der Waals surface area contributed by atoms with Gasteiger partial charge in [-0.3, -0.25) is 0 Å². The maximum absolute atomic E-state index is 5.94. The van der Waals surface area contributed by atoms with Crippen molar-refractivity contribution in [3.05, 3.63) is 24.3 Å². The lowest BCUT2D eigenvalue weighted by Gasteiger charge is -2.19. The average molecular weight is 253 g/mol. The van der Waals surface area contributed by atoms with E-state index in [1.807, 2.05) is 12.1 Å². The number of hydrogen-bond acceptors (Lipinski definition) is 3. The van der Waals surface area contributed by atoms with Gasteiger partial charge in [-0.15, -0.1) is 11.8 Å². The third-order valence-electron chi connectivity index (χ3n) is 2.57. The fraction of sp³-hybridized carbons (Fsp3) is 0.571. The van der Waals surface area contributed by atoms with Crippen molar-refractivity contribution in [1.82, 2.24) is 5.32 Å². The van der Waals surface area contributed by atoms with E-state index in [0.717, 1.165) is 18.7 Å². The Morgan fingerprint density at radius 2 is 1.88 bits per heavy atom. The van der Waals surface area contributed by atoms with Gasteiger partial charge in [-0.05, 0) is 36.9 Å². The fourth-order valence-electron chi connectivity index (χ4n) is 1.48. The second kappa shape index (κ2) is 7.62. The molecule has 0 saturated heterocycles. The van der Waals surface area contributed by atoms with E-state index in [0.29, 0.717) is 6.04 Å². The van der Waals surface area contributed by atoms with Crippen LogP contribution in [0.25, 0.3) is 0 Å². The summed E-state index contributed by atoms with van der Waals surface area (Å²) in [5, 5.41) is 3.41. The van der Waals surface area contributed by atoms with Crippen molar-refractivity contribution in [3.8, 4) is 5.75 Å². The zero-order valence-electron chi connectivity index (χ0n) is 11.2. The van der Waals surface area contributed by atoms with Crippen LogP contribution in [0.5, 0.6) is 5.75 Å².